The summed E-state index contributed by atoms with van der Waals surface area (Å²) < 4.78 is 13.2. The molecule has 2 aromatic rings. The lowest BCUT2D eigenvalue weighted by molar-refractivity contribution is -0.126. The molecule has 1 aliphatic heterocycles. The van der Waals surface area contributed by atoms with Crippen LogP contribution in [0, 0.1) is 5.82 Å². The molecule has 0 unspecified atom stereocenters. The predicted molar refractivity (Wildman–Crippen MR) is 110 cm³/mol. The van der Waals surface area contributed by atoms with Crippen LogP contribution in [0.5, 0.6) is 5.75 Å². The molecule has 148 valence electrons. The maximum Gasteiger partial charge on any atom is 0.337 e. The number of carboxylic acids is 1. The van der Waals surface area contributed by atoms with E-state index in [9.17, 15) is 29.0 Å². The fraction of sp³-hybridized carbons (Fsp3) is 0.0526. The van der Waals surface area contributed by atoms with Crippen molar-refractivity contribution in [3.8, 4) is 5.75 Å². The molecule has 2 aromatic carbocycles. The number of aromatic hydroxyl groups is 1. The van der Waals surface area contributed by atoms with Gasteiger partial charge in [0.15, 0.2) is 0 Å². The maximum atomic E-state index is 13.0. The van der Waals surface area contributed by atoms with E-state index in [1.54, 1.807) is 6.08 Å². The minimum atomic E-state index is -1.33. The average molecular weight is 432 g/mol. The number of phenolic OH excluding ortho intramolecular Hbond substituents is 1. The molecule has 7 nitrogen and oxygen atoms in total. The molecule has 0 bridgehead atoms. The first-order valence-electron chi connectivity index (χ1n) is 8.11. The van der Waals surface area contributed by atoms with Crippen molar-refractivity contribution >= 4 is 57.8 Å². The number of carbonyl (C=O) groups is 3. The van der Waals surface area contributed by atoms with E-state index in [4.69, 9.17) is 12.2 Å². The van der Waals surface area contributed by atoms with Crippen molar-refractivity contribution < 1.29 is 29.0 Å². The number of phenols is 1. The van der Waals surface area contributed by atoms with Crippen molar-refractivity contribution in [2.24, 2.45) is 0 Å². The van der Waals surface area contributed by atoms with E-state index in [-0.39, 0.29) is 26.2 Å². The second-order valence-electron chi connectivity index (χ2n) is 5.90. The highest BCUT2D eigenvalue weighted by Crippen LogP contribution is 2.32. The first-order valence-corrected chi connectivity index (χ1v) is 9.34. The number of aromatic carboxylic acids is 1. The third-order valence-corrected chi connectivity index (χ3v) is 5.23. The molecule has 0 saturated carbocycles. The van der Waals surface area contributed by atoms with E-state index in [1.807, 2.05) is 0 Å². The molecule has 0 aromatic heterocycles. The first-order chi connectivity index (χ1) is 13.7. The van der Waals surface area contributed by atoms with E-state index in [2.05, 4.69) is 5.32 Å². The molecule has 0 atom stereocenters. The Bertz CT molecular complexity index is 1050. The summed E-state index contributed by atoms with van der Waals surface area (Å²) in [6.07, 6.45) is 1.54. The zero-order chi connectivity index (χ0) is 21.1. The largest absolute Gasteiger partial charge is 0.508 e. The van der Waals surface area contributed by atoms with Gasteiger partial charge in [-0.1, -0.05) is 36.1 Å². The number of hydrogen-bond acceptors (Lipinski definition) is 6. The molecule has 3 rings (SSSR count). The zero-order valence-electron chi connectivity index (χ0n) is 14.6. The van der Waals surface area contributed by atoms with Gasteiger partial charge in [0.05, 0.1) is 16.2 Å². The van der Waals surface area contributed by atoms with Gasteiger partial charge in [0.2, 0.25) is 5.91 Å². The summed E-state index contributed by atoms with van der Waals surface area (Å²) >= 11 is 6.17. The van der Waals surface area contributed by atoms with Gasteiger partial charge in [-0.15, -0.1) is 0 Å². The Morgan fingerprint density at radius 2 is 1.90 bits per heavy atom. The monoisotopic (exact) mass is 432 g/mol. The number of thiocarbonyl (C=S) groups is 1. The lowest BCUT2D eigenvalue weighted by atomic mass is 10.1. The van der Waals surface area contributed by atoms with Crippen molar-refractivity contribution in [3.63, 3.8) is 0 Å². The van der Waals surface area contributed by atoms with Crippen LogP contribution in [0.2, 0.25) is 0 Å². The average Bonchev–Trinajstić information content (AvgIpc) is 2.92. The van der Waals surface area contributed by atoms with Crippen LogP contribution in [-0.2, 0) is 9.59 Å². The van der Waals surface area contributed by atoms with E-state index >= 15 is 0 Å². The molecule has 1 saturated heterocycles. The van der Waals surface area contributed by atoms with Crippen molar-refractivity contribution in [2.75, 3.05) is 11.9 Å². The van der Waals surface area contributed by atoms with Crippen LogP contribution in [-0.4, -0.2) is 43.8 Å². The lowest BCUT2D eigenvalue weighted by Gasteiger charge is -2.15. The summed E-state index contributed by atoms with van der Waals surface area (Å²) in [6, 6.07) is 9.01. The van der Waals surface area contributed by atoms with Crippen molar-refractivity contribution in [1.29, 1.82) is 0 Å². The number of carboxylic acid groups (broad SMARTS) is 1. The number of thioether (sulfide) groups is 1. The number of nitrogens with one attached hydrogen (secondary N) is 1. The van der Waals surface area contributed by atoms with Crippen LogP contribution >= 0.6 is 24.0 Å². The number of rotatable bonds is 5. The fourth-order valence-corrected chi connectivity index (χ4v) is 3.75. The molecule has 3 N–H and O–H groups in total. The topological polar surface area (TPSA) is 107 Å². The first kappa shape index (κ1) is 20.5. The van der Waals surface area contributed by atoms with Crippen LogP contribution in [0.3, 0.4) is 0 Å². The Morgan fingerprint density at radius 3 is 2.55 bits per heavy atom. The van der Waals surface area contributed by atoms with Crippen molar-refractivity contribution in [2.45, 2.75) is 0 Å². The van der Waals surface area contributed by atoms with Gasteiger partial charge in [-0.25, -0.2) is 9.18 Å². The summed E-state index contributed by atoms with van der Waals surface area (Å²) in [5.74, 6) is -3.13. The summed E-state index contributed by atoms with van der Waals surface area (Å²) in [5, 5.41) is 21.0. The summed E-state index contributed by atoms with van der Waals surface area (Å²) in [6.45, 7) is -0.411. The standard InChI is InChI=1S/C19H13FN2O5S2/c20-11-3-1-10(2-4-11)7-15-17(25)22(19(28)29-15)9-16(24)21-14-6-5-12(23)8-13(14)18(26)27/h1-8,23H,9H2,(H,21,24)(H,26,27)/b15-7-. The van der Waals surface area contributed by atoms with Gasteiger partial charge in [-0.05, 0) is 42.0 Å². The minimum absolute atomic E-state index is 0.0207. The third kappa shape index (κ3) is 4.79. The Kier molecular flexibility index (Phi) is 5.95. The smallest absolute Gasteiger partial charge is 0.337 e. The lowest BCUT2D eigenvalue weighted by Crippen LogP contribution is -2.36. The van der Waals surface area contributed by atoms with Crippen LogP contribution in [0.15, 0.2) is 47.4 Å². The minimum Gasteiger partial charge on any atom is -0.508 e. The zero-order valence-corrected chi connectivity index (χ0v) is 16.2. The highest BCUT2D eigenvalue weighted by molar-refractivity contribution is 8.26. The number of anilines is 1. The Labute approximate surface area is 173 Å². The number of benzene rings is 2. The molecule has 2 amide bonds. The van der Waals surface area contributed by atoms with Gasteiger partial charge in [0, 0.05) is 0 Å². The third-order valence-electron chi connectivity index (χ3n) is 3.85. The molecule has 0 spiro atoms. The van der Waals surface area contributed by atoms with E-state index < -0.39 is 30.1 Å². The Morgan fingerprint density at radius 1 is 1.21 bits per heavy atom. The van der Waals surface area contributed by atoms with Crippen LogP contribution in [0.4, 0.5) is 10.1 Å². The Hall–Kier alpha value is -3.24. The molecule has 0 aliphatic carbocycles. The van der Waals surface area contributed by atoms with Crippen molar-refractivity contribution in [3.05, 3.63) is 64.3 Å². The second-order valence-corrected chi connectivity index (χ2v) is 7.58. The van der Waals surface area contributed by atoms with Gasteiger partial charge in [-0.2, -0.15) is 0 Å². The van der Waals surface area contributed by atoms with E-state index in [0.717, 1.165) is 22.7 Å². The molecule has 1 aliphatic rings. The molecular weight excluding hydrogens is 419 g/mol. The summed E-state index contributed by atoms with van der Waals surface area (Å²) in [5.41, 5.74) is 0.291. The highest BCUT2D eigenvalue weighted by atomic mass is 32.2. The number of halogens is 1. The molecule has 29 heavy (non-hydrogen) atoms. The number of hydrogen-bond donors (Lipinski definition) is 3. The predicted octanol–water partition coefficient (Wildman–Crippen LogP) is 3.07. The van der Waals surface area contributed by atoms with Gasteiger partial charge < -0.3 is 15.5 Å². The van der Waals surface area contributed by atoms with Gasteiger partial charge in [0.1, 0.15) is 22.4 Å². The number of carbonyl (C=O) groups excluding carboxylic acids is 2. The molecule has 1 fully saturated rings. The number of nitrogens with zero attached hydrogens (tertiary/aromatic N) is 1. The fourth-order valence-electron chi connectivity index (χ4n) is 2.50. The summed E-state index contributed by atoms with van der Waals surface area (Å²) in [4.78, 5) is 37.5. The second kappa shape index (κ2) is 8.41. The van der Waals surface area contributed by atoms with Crippen LogP contribution in [0.1, 0.15) is 15.9 Å². The van der Waals surface area contributed by atoms with Crippen LogP contribution in [0.25, 0.3) is 6.08 Å². The van der Waals surface area contributed by atoms with Gasteiger partial charge >= 0.3 is 5.97 Å². The molecule has 1 heterocycles. The summed E-state index contributed by atoms with van der Waals surface area (Å²) in [7, 11) is 0. The van der Waals surface area contributed by atoms with Crippen molar-refractivity contribution in [1.82, 2.24) is 4.90 Å². The maximum absolute atomic E-state index is 13.0. The van der Waals surface area contributed by atoms with E-state index in [0.29, 0.717) is 5.56 Å². The molecular formula is C19H13FN2O5S2. The highest BCUT2D eigenvalue weighted by Gasteiger charge is 2.33. The van der Waals surface area contributed by atoms with Gasteiger partial charge in [-0.3, -0.25) is 14.5 Å². The van der Waals surface area contributed by atoms with Crippen LogP contribution < -0.4 is 5.32 Å². The quantitative estimate of drug-likeness (QED) is 0.379. The van der Waals surface area contributed by atoms with Gasteiger partial charge in [0.25, 0.3) is 5.91 Å². The Balaban J connectivity index is 1.73. The normalized spacial score (nSPS) is 15.1. The SMILES string of the molecule is O=C(CN1C(=O)/C(=C/c2ccc(F)cc2)SC1=S)Nc1ccc(O)cc1C(=O)O. The number of amides is 2. The molecule has 10 heteroatoms. The van der Waals surface area contributed by atoms with E-state index in [1.165, 1.54) is 36.4 Å². The molecule has 0 radical (unpaired) electrons.